The summed E-state index contributed by atoms with van der Waals surface area (Å²) in [4.78, 5) is 11.6. The predicted molar refractivity (Wildman–Crippen MR) is 88.7 cm³/mol. The quantitative estimate of drug-likeness (QED) is 0.880. The average Bonchev–Trinajstić information content (AvgIpc) is 2.35. The molecule has 0 unspecified atom stereocenters. The standard InChI is InChI=1S/C18H28N2O/c1-17(2)10-15(11-18(3,4)12-17)20-14-8-6-13(7-9-14)16(21)19-5/h6-9,15,20H,10-12H2,1-5H3,(H,19,21). The van der Waals surface area contributed by atoms with E-state index in [2.05, 4.69) is 38.3 Å². The molecule has 3 heteroatoms. The van der Waals surface area contributed by atoms with Crippen LogP contribution in [0.4, 0.5) is 5.69 Å². The number of rotatable bonds is 3. The summed E-state index contributed by atoms with van der Waals surface area (Å²) in [5.74, 6) is -0.0403. The summed E-state index contributed by atoms with van der Waals surface area (Å²) in [6.45, 7) is 9.43. The number of amides is 1. The van der Waals surface area contributed by atoms with Gasteiger partial charge in [-0.25, -0.2) is 0 Å². The number of hydrogen-bond acceptors (Lipinski definition) is 2. The van der Waals surface area contributed by atoms with Crippen molar-refractivity contribution in [3.05, 3.63) is 29.8 Å². The molecule has 2 rings (SSSR count). The van der Waals surface area contributed by atoms with Gasteiger partial charge in [-0.05, 0) is 54.4 Å². The van der Waals surface area contributed by atoms with Crippen molar-refractivity contribution in [2.24, 2.45) is 10.8 Å². The Labute approximate surface area is 128 Å². The van der Waals surface area contributed by atoms with Gasteiger partial charge in [-0.1, -0.05) is 27.7 Å². The molecule has 0 heterocycles. The van der Waals surface area contributed by atoms with Crippen LogP contribution in [0.5, 0.6) is 0 Å². The van der Waals surface area contributed by atoms with Gasteiger partial charge in [-0.2, -0.15) is 0 Å². The molecule has 1 aromatic rings. The maximum absolute atomic E-state index is 11.6. The molecule has 0 spiro atoms. The van der Waals surface area contributed by atoms with Crippen LogP contribution in [-0.4, -0.2) is 19.0 Å². The Bertz CT molecular complexity index is 486. The molecule has 0 bridgehead atoms. The van der Waals surface area contributed by atoms with E-state index in [0.29, 0.717) is 22.4 Å². The van der Waals surface area contributed by atoms with Gasteiger partial charge in [0.2, 0.25) is 0 Å². The molecule has 1 aliphatic carbocycles. The topological polar surface area (TPSA) is 41.1 Å². The monoisotopic (exact) mass is 288 g/mol. The highest BCUT2D eigenvalue weighted by molar-refractivity contribution is 5.94. The van der Waals surface area contributed by atoms with Crippen LogP contribution in [0, 0.1) is 10.8 Å². The Kier molecular flexibility index (Phi) is 4.31. The maximum Gasteiger partial charge on any atom is 0.251 e. The van der Waals surface area contributed by atoms with Crippen LogP contribution >= 0.6 is 0 Å². The minimum absolute atomic E-state index is 0.0403. The molecule has 0 aromatic heterocycles. The molecule has 2 N–H and O–H groups in total. The largest absolute Gasteiger partial charge is 0.382 e. The molecule has 3 nitrogen and oxygen atoms in total. The first-order valence-corrected chi connectivity index (χ1v) is 7.79. The molecule has 0 atom stereocenters. The van der Waals surface area contributed by atoms with Crippen LogP contribution in [0.15, 0.2) is 24.3 Å². The number of benzene rings is 1. The summed E-state index contributed by atoms with van der Waals surface area (Å²) in [6.07, 6.45) is 3.65. The van der Waals surface area contributed by atoms with E-state index in [9.17, 15) is 4.79 Å². The molecule has 1 aliphatic rings. The second kappa shape index (κ2) is 5.70. The maximum atomic E-state index is 11.6. The molecule has 116 valence electrons. The second-order valence-electron chi connectivity index (χ2n) is 7.91. The molecule has 1 amide bonds. The van der Waals surface area contributed by atoms with Crippen molar-refractivity contribution in [1.82, 2.24) is 5.32 Å². The first-order valence-electron chi connectivity index (χ1n) is 7.79. The fourth-order valence-corrected chi connectivity index (χ4v) is 4.05. The Morgan fingerprint density at radius 1 is 1.05 bits per heavy atom. The normalized spacial score (nSPS) is 20.8. The Hall–Kier alpha value is -1.51. The van der Waals surface area contributed by atoms with Crippen LogP contribution in [0.2, 0.25) is 0 Å². The van der Waals surface area contributed by atoms with Gasteiger partial charge < -0.3 is 10.6 Å². The van der Waals surface area contributed by atoms with Crippen LogP contribution in [0.3, 0.4) is 0 Å². The molecular formula is C18H28N2O. The van der Waals surface area contributed by atoms with Crippen molar-refractivity contribution in [2.45, 2.75) is 53.0 Å². The number of nitrogens with one attached hydrogen (secondary N) is 2. The zero-order chi connectivity index (χ0) is 15.7. The number of hydrogen-bond donors (Lipinski definition) is 2. The van der Waals surface area contributed by atoms with E-state index in [-0.39, 0.29) is 5.91 Å². The highest BCUT2D eigenvalue weighted by atomic mass is 16.1. The lowest BCUT2D eigenvalue weighted by molar-refractivity contribution is 0.0963. The Morgan fingerprint density at radius 3 is 2.05 bits per heavy atom. The zero-order valence-corrected chi connectivity index (χ0v) is 13.9. The van der Waals surface area contributed by atoms with E-state index in [1.165, 1.54) is 19.3 Å². The lowest BCUT2D eigenvalue weighted by Gasteiger charge is -2.45. The van der Waals surface area contributed by atoms with Crippen LogP contribution in [-0.2, 0) is 0 Å². The Balaban J connectivity index is 2.06. The van der Waals surface area contributed by atoms with Gasteiger partial charge in [0.1, 0.15) is 0 Å². The fourth-order valence-electron chi connectivity index (χ4n) is 4.05. The summed E-state index contributed by atoms with van der Waals surface area (Å²) >= 11 is 0. The van der Waals surface area contributed by atoms with Crippen molar-refractivity contribution in [3.8, 4) is 0 Å². The number of carbonyl (C=O) groups is 1. The lowest BCUT2D eigenvalue weighted by Crippen LogP contribution is -2.40. The molecule has 1 saturated carbocycles. The first kappa shape index (κ1) is 15.9. The predicted octanol–water partition coefficient (Wildman–Crippen LogP) is 4.06. The van der Waals surface area contributed by atoms with Crippen molar-refractivity contribution < 1.29 is 4.79 Å². The van der Waals surface area contributed by atoms with E-state index in [1.54, 1.807) is 7.05 Å². The van der Waals surface area contributed by atoms with Crippen molar-refractivity contribution in [1.29, 1.82) is 0 Å². The smallest absolute Gasteiger partial charge is 0.251 e. The van der Waals surface area contributed by atoms with Gasteiger partial charge in [0, 0.05) is 24.3 Å². The van der Waals surface area contributed by atoms with Gasteiger partial charge in [0.05, 0.1) is 0 Å². The van der Waals surface area contributed by atoms with Crippen molar-refractivity contribution in [2.75, 3.05) is 12.4 Å². The number of anilines is 1. The summed E-state index contributed by atoms with van der Waals surface area (Å²) < 4.78 is 0. The van der Waals surface area contributed by atoms with Crippen molar-refractivity contribution >= 4 is 11.6 Å². The first-order chi connectivity index (χ1) is 9.71. The van der Waals surface area contributed by atoms with E-state index in [4.69, 9.17) is 0 Å². The third-order valence-electron chi connectivity index (χ3n) is 4.30. The minimum Gasteiger partial charge on any atom is -0.382 e. The average molecular weight is 288 g/mol. The summed E-state index contributed by atoms with van der Waals surface area (Å²) in [7, 11) is 1.65. The molecular weight excluding hydrogens is 260 g/mol. The molecule has 0 saturated heterocycles. The Morgan fingerprint density at radius 2 is 1.57 bits per heavy atom. The van der Waals surface area contributed by atoms with E-state index in [0.717, 1.165) is 5.69 Å². The van der Waals surface area contributed by atoms with Gasteiger partial charge in [-0.15, -0.1) is 0 Å². The zero-order valence-electron chi connectivity index (χ0n) is 13.9. The molecule has 0 radical (unpaired) electrons. The number of carbonyl (C=O) groups excluding carboxylic acids is 1. The van der Waals surface area contributed by atoms with Gasteiger partial charge in [0.25, 0.3) is 5.91 Å². The minimum atomic E-state index is -0.0403. The van der Waals surface area contributed by atoms with E-state index < -0.39 is 0 Å². The fraction of sp³-hybridized carbons (Fsp3) is 0.611. The van der Waals surface area contributed by atoms with Gasteiger partial charge >= 0.3 is 0 Å². The third-order valence-corrected chi connectivity index (χ3v) is 4.30. The molecule has 1 aromatic carbocycles. The SMILES string of the molecule is CNC(=O)c1ccc(NC2CC(C)(C)CC(C)(C)C2)cc1. The van der Waals surface area contributed by atoms with E-state index in [1.807, 2.05) is 24.3 Å². The van der Waals surface area contributed by atoms with Crippen LogP contribution in [0.25, 0.3) is 0 Å². The van der Waals surface area contributed by atoms with Crippen molar-refractivity contribution in [3.63, 3.8) is 0 Å². The van der Waals surface area contributed by atoms with E-state index >= 15 is 0 Å². The molecule has 0 aliphatic heterocycles. The summed E-state index contributed by atoms with van der Waals surface area (Å²) in [5.41, 5.74) is 2.55. The van der Waals surface area contributed by atoms with Crippen LogP contribution < -0.4 is 10.6 Å². The third kappa shape index (κ3) is 4.23. The lowest BCUT2D eigenvalue weighted by atomic mass is 9.63. The summed E-state index contributed by atoms with van der Waals surface area (Å²) in [6, 6.07) is 8.24. The second-order valence-corrected chi connectivity index (χ2v) is 7.91. The van der Waals surface area contributed by atoms with Crippen LogP contribution in [0.1, 0.15) is 57.3 Å². The molecule has 21 heavy (non-hydrogen) atoms. The van der Waals surface area contributed by atoms with Gasteiger partial charge in [-0.3, -0.25) is 4.79 Å². The highest BCUT2D eigenvalue weighted by Crippen LogP contribution is 2.46. The summed E-state index contributed by atoms with van der Waals surface area (Å²) in [5, 5.41) is 6.29. The highest BCUT2D eigenvalue weighted by Gasteiger charge is 2.38. The van der Waals surface area contributed by atoms with Gasteiger partial charge in [0.15, 0.2) is 0 Å². The molecule has 1 fully saturated rings.